The van der Waals surface area contributed by atoms with Gasteiger partial charge in [-0.15, -0.1) is 0 Å². The summed E-state index contributed by atoms with van der Waals surface area (Å²) in [4.78, 5) is 2.28. The standard InChI is InChI=1S/C22H21F2N3O3S.C22H24N4O3S.C22H23N3O3S.C21H19F2N3O3S.C21H21N3O3S/c1-2-31(28,29)26-16-7-5-15(6-8-16)21-19(12-25)18-10-9-17(30-22(23)24)11-20(18)27(21)13-14-3-4-14;1-3-26-21-9-8-18(25-10-12-29-13-11-25)14-19(21)20(15-23)22(26)16-4-6-17(7-5-16)24-30(2,27)28;1-3-29(26,27)24-17-8-6-16(7-9-17)22-20(13-23)19-11-10-18(28-2)12-21(19)25(22)14-15-4-5-15;1-30(27,28)25-15-6-4-14(5-7-15)20-18(11-24)17-9-8-16(29-21(22)23)10-19(17)26(20)12-13-2-3-13;1-27-17-9-10-18-19(12-22)21(24(20(18)11-17)13-14-3-4-14)15-5-7-16(8-6-15)23-28(2,25)26/h5-11,14,22,26H,2-4,13H2,1H3;4-9,14,24H,3,10-13H2,1-2H3;6-12,15,24H,3-5,14H2,1-2H3;4-10,13,21,25H,2-3,12H2,1H3;5-11,14,23H,3-4,13H2,1-2H3. The first-order valence-electron chi connectivity index (χ1n) is 47.9. The number of anilines is 6. The quantitative estimate of drug-likeness (QED) is 0.0238. The molecule has 5 aliphatic rings. The van der Waals surface area contributed by atoms with Gasteiger partial charge in [0.05, 0.1) is 136 Å². The second-order valence-corrected chi connectivity index (χ2v) is 46.1. The SMILES string of the molecule is CCS(=O)(=O)Nc1ccc(-c2c(C#N)c3ccc(OC(F)F)cc3n2CC2CC2)cc1.CCS(=O)(=O)Nc1ccc(-c2c(C#N)c3ccc(OC)cc3n2CC2CC2)cc1.CCn1c(-c2ccc(NS(C)(=O)=O)cc2)c(C#N)c2cc(N3CCOCC3)ccc21.COc1ccc2c(C#N)c(-c3ccc(NS(C)(=O)=O)cc3)n(CC3CC3)c2c1.CS(=O)(=O)Nc1ccc(-c2c(C#N)c3ccc(OC(F)F)cc3n2CC2CC2)cc1. The van der Waals surface area contributed by atoms with Gasteiger partial charge in [0.1, 0.15) is 53.3 Å². The molecular formula is C108H108F4N16O15S5. The van der Waals surface area contributed by atoms with Crippen molar-refractivity contribution in [2.75, 3.05) is 99.3 Å². The van der Waals surface area contributed by atoms with Gasteiger partial charge in [0.2, 0.25) is 50.1 Å². The Hall–Kier alpha value is -15.2. The summed E-state index contributed by atoms with van der Waals surface area (Å²) in [6.07, 6.45) is 12.4. The molecule has 5 aromatic heterocycles. The lowest BCUT2D eigenvalue weighted by Crippen LogP contribution is -2.36. The number of aryl methyl sites for hydroxylation is 1. The van der Waals surface area contributed by atoms with Crippen molar-refractivity contribution in [1.29, 1.82) is 26.3 Å². The summed E-state index contributed by atoms with van der Waals surface area (Å²) >= 11 is 0. The number of nitriles is 5. The average Bonchev–Trinajstić information content (AvgIpc) is 1.65. The molecule has 4 aliphatic carbocycles. The molecule has 1 saturated heterocycles. The van der Waals surface area contributed by atoms with Crippen LogP contribution in [0.5, 0.6) is 23.0 Å². The van der Waals surface area contributed by atoms with Crippen molar-refractivity contribution in [2.45, 2.75) is 118 Å². The summed E-state index contributed by atoms with van der Waals surface area (Å²) in [5.74, 6) is 3.76. The van der Waals surface area contributed by atoms with E-state index in [-0.39, 0.29) is 23.0 Å². The Labute approximate surface area is 856 Å². The molecule has 6 heterocycles. The van der Waals surface area contributed by atoms with Gasteiger partial charge in [0, 0.05) is 137 Å². The topological polar surface area (TPSA) is 424 Å². The van der Waals surface area contributed by atoms with E-state index in [1.165, 1.54) is 49.9 Å². The van der Waals surface area contributed by atoms with E-state index >= 15 is 0 Å². The summed E-state index contributed by atoms with van der Waals surface area (Å²) in [6.45, 7) is 6.17. The Morgan fingerprint density at radius 1 is 0.331 bits per heavy atom. The van der Waals surface area contributed by atoms with Crippen molar-refractivity contribution < 1.29 is 83.3 Å². The minimum absolute atomic E-state index is 0.0186. The zero-order chi connectivity index (χ0) is 105. The van der Waals surface area contributed by atoms with Crippen LogP contribution in [0, 0.1) is 80.3 Å². The molecule has 0 radical (unpaired) electrons. The summed E-state index contributed by atoms with van der Waals surface area (Å²) in [5, 5.41) is 53.6. The molecule has 768 valence electrons. The van der Waals surface area contributed by atoms with Crippen LogP contribution in [-0.2, 0) is 87.6 Å². The van der Waals surface area contributed by atoms with Crippen LogP contribution in [-0.4, -0.2) is 149 Å². The summed E-state index contributed by atoms with van der Waals surface area (Å²) in [5.41, 5.74) is 18.6. The second-order valence-electron chi connectivity index (χ2n) is 36.8. The first kappa shape index (κ1) is 106. The highest BCUT2D eigenvalue weighted by molar-refractivity contribution is 7.93. The molecule has 148 heavy (non-hydrogen) atoms. The lowest BCUT2D eigenvalue weighted by Gasteiger charge is -2.28. The van der Waals surface area contributed by atoms with E-state index in [9.17, 15) is 86.0 Å². The first-order chi connectivity index (χ1) is 70.8. The molecule has 0 bridgehead atoms. The third kappa shape index (κ3) is 25.3. The van der Waals surface area contributed by atoms with Crippen LogP contribution < -0.4 is 47.5 Å². The van der Waals surface area contributed by atoms with Gasteiger partial charge in [-0.3, -0.25) is 23.6 Å². The Morgan fingerprint density at radius 3 is 0.831 bits per heavy atom. The number of hydrogen-bond donors (Lipinski definition) is 5. The first-order valence-corrected chi connectivity index (χ1v) is 56.9. The largest absolute Gasteiger partial charge is 0.497 e. The number of halogens is 4. The number of nitrogens with one attached hydrogen (secondary N) is 5. The molecule has 0 atom stereocenters. The zero-order valence-electron chi connectivity index (χ0n) is 82.2. The third-order valence-corrected chi connectivity index (χ3v) is 30.4. The van der Waals surface area contributed by atoms with Crippen molar-refractivity contribution in [3.63, 3.8) is 0 Å². The number of methoxy groups -OCH3 is 2. The molecular weight excluding hydrogens is 2000 g/mol. The summed E-state index contributed by atoms with van der Waals surface area (Å²) in [7, 11) is -13.5. The van der Waals surface area contributed by atoms with Crippen LogP contribution in [0.3, 0.4) is 0 Å². The van der Waals surface area contributed by atoms with E-state index in [4.69, 9.17) is 14.2 Å². The highest BCUT2D eigenvalue weighted by Gasteiger charge is 2.34. The van der Waals surface area contributed by atoms with E-state index in [2.05, 4.69) is 107 Å². The van der Waals surface area contributed by atoms with Crippen LogP contribution in [0.15, 0.2) is 212 Å². The molecule has 4 saturated carbocycles. The highest BCUT2D eigenvalue weighted by Crippen LogP contribution is 2.47. The van der Waals surface area contributed by atoms with Crippen molar-refractivity contribution >= 4 is 139 Å². The van der Waals surface area contributed by atoms with Gasteiger partial charge in [-0.2, -0.15) is 43.9 Å². The fraction of sp³-hybridized carbons (Fsp3) is 0.306. The van der Waals surface area contributed by atoms with Crippen LogP contribution in [0.25, 0.3) is 111 Å². The lowest BCUT2D eigenvalue weighted by molar-refractivity contribution is -0.0504. The van der Waals surface area contributed by atoms with E-state index in [0.717, 1.165) is 165 Å². The Kier molecular flexibility index (Phi) is 31.8. The highest BCUT2D eigenvalue weighted by atomic mass is 32.2. The molecule has 1 aliphatic heterocycles. The average molecular weight is 2110 g/mol. The number of sulfonamides is 5. The van der Waals surface area contributed by atoms with Gasteiger partial charge in [0.25, 0.3) is 0 Å². The molecule has 15 aromatic rings. The molecule has 20 rings (SSSR count). The molecule has 5 N–H and O–H groups in total. The molecule has 0 unspecified atom stereocenters. The minimum Gasteiger partial charge on any atom is -0.497 e. The number of alkyl halides is 4. The van der Waals surface area contributed by atoms with Crippen molar-refractivity contribution in [2.24, 2.45) is 23.7 Å². The Morgan fingerprint density at radius 2 is 0.588 bits per heavy atom. The number of aromatic nitrogens is 5. The van der Waals surface area contributed by atoms with Gasteiger partial charge in [-0.25, -0.2) is 42.1 Å². The van der Waals surface area contributed by atoms with Crippen molar-refractivity contribution in [3.8, 4) is 110 Å². The predicted octanol–water partition coefficient (Wildman–Crippen LogP) is 21.3. The normalized spacial score (nSPS) is 14.2. The number of hydrogen-bond acceptors (Lipinski definition) is 21. The van der Waals surface area contributed by atoms with E-state index in [0.29, 0.717) is 146 Å². The van der Waals surface area contributed by atoms with Gasteiger partial charge < -0.3 is 51.4 Å². The van der Waals surface area contributed by atoms with E-state index in [1.807, 2.05) is 81.9 Å². The smallest absolute Gasteiger partial charge is 0.387 e. The van der Waals surface area contributed by atoms with Crippen molar-refractivity contribution in [1.82, 2.24) is 22.8 Å². The maximum Gasteiger partial charge on any atom is 0.387 e. The monoisotopic (exact) mass is 2100 g/mol. The summed E-state index contributed by atoms with van der Waals surface area (Å²) in [6, 6.07) is 73.7. The van der Waals surface area contributed by atoms with Crippen LogP contribution in [0.1, 0.15) is 100.0 Å². The number of rotatable bonds is 33. The predicted molar refractivity (Wildman–Crippen MR) is 568 cm³/mol. The van der Waals surface area contributed by atoms with Gasteiger partial charge in [0.15, 0.2) is 0 Å². The van der Waals surface area contributed by atoms with Crippen LogP contribution in [0.2, 0.25) is 0 Å². The van der Waals surface area contributed by atoms with E-state index in [1.54, 1.807) is 125 Å². The van der Waals surface area contributed by atoms with Gasteiger partial charge >= 0.3 is 13.2 Å². The van der Waals surface area contributed by atoms with Gasteiger partial charge in [-0.05, 0) is 251 Å². The maximum atomic E-state index is 12.7. The third-order valence-electron chi connectivity index (χ3n) is 25.9. The minimum atomic E-state index is -3.40. The molecule has 5 fully saturated rings. The zero-order valence-corrected chi connectivity index (χ0v) is 86.3. The number of nitrogens with zero attached hydrogens (tertiary/aromatic N) is 11. The second kappa shape index (κ2) is 44.6. The van der Waals surface area contributed by atoms with Gasteiger partial charge in [-0.1, -0.05) is 60.7 Å². The lowest BCUT2D eigenvalue weighted by atomic mass is 10.1. The summed E-state index contributed by atoms with van der Waals surface area (Å²) < 4.78 is 215. The number of fused-ring (bicyclic) bond motifs is 5. The molecule has 31 nitrogen and oxygen atoms in total. The van der Waals surface area contributed by atoms with Crippen molar-refractivity contribution in [3.05, 3.63) is 240 Å². The fourth-order valence-electron chi connectivity index (χ4n) is 18.3. The number of ether oxygens (including phenoxy) is 5. The van der Waals surface area contributed by atoms with Crippen LogP contribution in [0.4, 0.5) is 51.7 Å². The Bertz CT molecular complexity index is 8380. The number of benzene rings is 10. The van der Waals surface area contributed by atoms with E-state index < -0.39 is 63.3 Å². The fourth-order valence-corrected chi connectivity index (χ4v) is 21.3. The Balaban J connectivity index is 0.000000132. The maximum absolute atomic E-state index is 12.7. The molecule has 40 heteroatoms. The number of morpholine rings is 1. The molecule has 10 aromatic carbocycles. The van der Waals surface area contributed by atoms with Crippen LogP contribution >= 0.6 is 0 Å². The molecule has 0 amide bonds. The molecule has 0 spiro atoms.